The zero-order valence-electron chi connectivity index (χ0n) is 10.9. The smallest absolute Gasteiger partial charge is 0.253 e. The summed E-state index contributed by atoms with van der Waals surface area (Å²) in [5, 5.41) is 11.0. The SMILES string of the molecule is Cc1cc(C(=O)NC2CCC(N)CC2)c(C)nn1. The summed E-state index contributed by atoms with van der Waals surface area (Å²) in [6.45, 7) is 3.64. The van der Waals surface area contributed by atoms with Crippen LogP contribution in [-0.4, -0.2) is 28.2 Å². The summed E-state index contributed by atoms with van der Waals surface area (Å²) in [5.41, 5.74) is 7.91. The Kier molecular flexibility index (Phi) is 3.91. The van der Waals surface area contributed by atoms with Crippen LogP contribution in [0.4, 0.5) is 0 Å². The minimum absolute atomic E-state index is 0.0500. The Morgan fingerprint density at radius 1 is 1.28 bits per heavy atom. The molecule has 1 heterocycles. The molecule has 0 saturated heterocycles. The van der Waals surface area contributed by atoms with Crippen LogP contribution in [0.2, 0.25) is 0 Å². The Labute approximate surface area is 107 Å². The van der Waals surface area contributed by atoms with E-state index in [1.165, 1.54) is 0 Å². The van der Waals surface area contributed by atoms with E-state index in [0.29, 0.717) is 17.3 Å². The van der Waals surface area contributed by atoms with Crippen LogP contribution >= 0.6 is 0 Å². The van der Waals surface area contributed by atoms with E-state index in [4.69, 9.17) is 5.73 Å². The van der Waals surface area contributed by atoms with Crippen molar-refractivity contribution >= 4 is 5.91 Å². The van der Waals surface area contributed by atoms with Crippen LogP contribution in [0.3, 0.4) is 0 Å². The number of nitrogens with zero attached hydrogens (tertiary/aromatic N) is 2. The molecule has 0 unspecified atom stereocenters. The van der Waals surface area contributed by atoms with Crippen molar-refractivity contribution in [2.24, 2.45) is 5.73 Å². The minimum atomic E-state index is -0.0500. The number of carbonyl (C=O) groups is 1. The molecule has 1 fully saturated rings. The molecular formula is C13H20N4O. The Morgan fingerprint density at radius 2 is 1.94 bits per heavy atom. The second kappa shape index (κ2) is 5.44. The van der Waals surface area contributed by atoms with E-state index in [-0.39, 0.29) is 11.9 Å². The number of nitrogens with two attached hydrogens (primary N) is 1. The second-order valence-corrected chi connectivity index (χ2v) is 5.07. The van der Waals surface area contributed by atoms with Crippen LogP contribution < -0.4 is 11.1 Å². The normalized spacial score (nSPS) is 23.7. The van der Waals surface area contributed by atoms with Gasteiger partial charge in [0, 0.05) is 12.1 Å². The van der Waals surface area contributed by atoms with E-state index in [9.17, 15) is 4.79 Å². The van der Waals surface area contributed by atoms with E-state index in [1.807, 2.05) is 6.92 Å². The van der Waals surface area contributed by atoms with Gasteiger partial charge in [-0.3, -0.25) is 4.79 Å². The van der Waals surface area contributed by atoms with E-state index >= 15 is 0 Å². The van der Waals surface area contributed by atoms with Crippen molar-refractivity contribution in [1.82, 2.24) is 15.5 Å². The summed E-state index contributed by atoms with van der Waals surface area (Å²) in [5.74, 6) is -0.0500. The average Bonchev–Trinajstić information content (AvgIpc) is 2.35. The van der Waals surface area contributed by atoms with E-state index < -0.39 is 0 Å². The van der Waals surface area contributed by atoms with Crippen LogP contribution in [0.5, 0.6) is 0 Å². The largest absolute Gasteiger partial charge is 0.349 e. The molecular weight excluding hydrogens is 228 g/mol. The van der Waals surface area contributed by atoms with Crippen molar-refractivity contribution in [2.75, 3.05) is 0 Å². The lowest BCUT2D eigenvalue weighted by Crippen LogP contribution is -2.40. The maximum atomic E-state index is 12.2. The fourth-order valence-electron chi connectivity index (χ4n) is 2.31. The lowest BCUT2D eigenvalue weighted by molar-refractivity contribution is 0.0924. The molecule has 1 amide bonds. The van der Waals surface area contributed by atoms with Gasteiger partial charge in [-0.1, -0.05) is 0 Å². The number of nitrogens with one attached hydrogen (secondary N) is 1. The van der Waals surface area contributed by atoms with E-state index in [0.717, 1.165) is 31.4 Å². The predicted molar refractivity (Wildman–Crippen MR) is 69.2 cm³/mol. The van der Waals surface area contributed by atoms with Gasteiger partial charge in [-0.2, -0.15) is 10.2 Å². The average molecular weight is 248 g/mol. The summed E-state index contributed by atoms with van der Waals surface area (Å²) < 4.78 is 0. The van der Waals surface area contributed by atoms with Gasteiger partial charge in [0.1, 0.15) is 0 Å². The van der Waals surface area contributed by atoms with E-state index in [2.05, 4.69) is 15.5 Å². The monoisotopic (exact) mass is 248 g/mol. The molecule has 3 N–H and O–H groups in total. The highest BCUT2D eigenvalue weighted by atomic mass is 16.1. The third-order valence-corrected chi connectivity index (χ3v) is 3.45. The van der Waals surface area contributed by atoms with Crippen molar-refractivity contribution in [1.29, 1.82) is 0 Å². The summed E-state index contributed by atoms with van der Waals surface area (Å²) in [4.78, 5) is 12.2. The number of rotatable bonds is 2. The van der Waals surface area contributed by atoms with Crippen molar-refractivity contribution < 1.29 is 4.79 Å². The highest BCUT2D eigenvalue weighted by Crippen LogP contribution is 2.17. The molecule has 1 aliphatic rings. The number of aromatic nitrogens is 2. The van der Waals surface area contributed by atoms with Gasteiger partial charge in [-0.25, -0.2) is 0 Å². The Balaban J connectivity index is 2.01. The number of carbonyl (C=O) groups excluding carboxylic acids is 1. The molecule has 1 aromatic heterocycles. The molecule has 1 saturated carbocycles. The molecule has 0 bridgehead atoms. The van der Waals surface area contributed by atoms with Gasteiger partial charge in [-0.15, -0.1) is 0 Å². The molecule has 1 aliphatic carbocycles. The van der Waals surface area contributed by atoms with Crippen molar-refractivity contribution in [3.05, 3.63) is 23.0 Å². The number of hydrogen-bond donors (Lipinski definition) is 2. The fraction of sp³-hybridized carbons (Fsp3) is 0.615. The molecule has 0 aliphatic heterocycles. The predicted octanol–water partition coefficient (Wildman–Crippen LogP) is 1.09. The third-order valence-electron chi connectivity index (χ3n) is 3.45. The Morgan fingerprint density at radius 3 is 2.61 bits per heavy atom. The minimum Gasteiger partial charge on any atom is -0.349 e. The van der Waals surface area contributed by atoms with Crippen LogP contribution in [0, 0.1) is 13.8 Å². The third kappa shape index (κ3) is 3.04. The molecule has 5 nitrogen and oxygen atoms in total. The molecule has 0 aromatic carbocycles. The fourth-order valence-corrected chi connectivity index (χ4v) is 2.31. The first-order valence-corrected chi connectivity index (χ1v) is 6.43. The van der Waals surface area contributed by atoms with Gasteiger partial charge in [0.15, 0.2) is 0 Å². The maximum Gasteiger partial charge on any atom is 0.253 e. The van der Waals surface area contributed by atoms with Crippen LogP contribution in [0.1, 0.15) is 47.4 Å². The Hall–Kier alpha value is -1.49. The molecule has 5 heteroatoms. The quantitative estimate of drug-likeness (QED) is 0.821. The summed E-state index contributed by atoms with van der Waals surface area (Å²) in [7, 11) is 0. The second-order valence-electron chi connectivity index (χ2n) is 5.07. The van der Waals surface area contributed by atoms with Gasteiger partial charge in [0.25, 0.3) is 5.91 Å². The zero-order valence-corrected chi connectivity index (χ0v) is 10.9. The van der Waals surface area contributed by atoms with Gasteiger partial charge in [0.05, 0.1) is 17.0 Å². The first-order chi connectivity index (χ1) is 8.56. The summed E-state index contributed by atoms with van der Waals surface area (Å²) in [6.07, 6.45) is 3.89. The van der Waals surface area contributed by atoms with Crippen LogP contribution in [-0.2, 0) is 0 Å². The van der Waals surface area contributed by atoms with Gasteiger partial charge in [-0.05, 0) is 45.6 Å². The first-order valence-electron chi connectivity index (χ1n) is 6.43. The molecule has 2 rings (SSSR count). The molecule has 0 atom stereocenters. The summed E-state index contributed by atoms with van der Waals surface area (Å²) >= 11 is 0. The van der Waals surface area contributed by atoms with Crippen molar-refractivity contribution in [2.45, 2.75) is 51.6 Å². The lowest BCUT2D eigenvalue weighted by Gasteiger charge is -2.26. The van der Waals surface area contributed by atoms with Crippen molar-refractivity contribution in [3.63, 3.8) is 0 Å². The molecule has 98 valence electrons. The first kappa shape index (κ1) is 13.0. The maximum absolute atomic E-state index is 12.2. The highest BCUT2D eigenvalue weighted by molar-refractivity contribution is 5.95. The molecule has 0 spiro atoms. The van der Waals surface area contributed by atoms with Gasteiger partial charge < -0.3 is 11.1 Å². The van der Waals surface area contributed by atoms with Gasteiger partial charge in [0.2, 0.25) is 0 Å². The standard InChI is InChI=1S/C13H20N4O/c1-8-7-12(9(2)17-16-8)13(18)15-11-5-3-10(14)4-6-11/h7,10-11H,3-6,14H2,1-2H3,(H,15,18). The lowest BCUT2D eigenvalue weighted by atomic mass is 9.91. The summed E-state index contributed by atoms with van der Waals surface area (Å²) in [6, 6.07) is 2.32. The van der Waals surface area contributed by atoms with Crippen molar-refractivity contribution in [3.8, 4) is 0 Å². The number of hydrogen-bond acceptors (Lipinski definition) is 4. The molecule has 0 radical (unpaired) electrons. The van der Waals surface area contributed by atoms with Crippen LogP contribution in [0.15, 0.2) is 6.07 Å². The highest BCUT2D eigenvalue weighted by Gasteiger charge is 2.21. The topological polar surface area (TPSA) is 80.9 Å². The van der Waals surface area contributed by atoms with Gasteiger partial charge >= 0.3 is 0 Å². The molecule has 18 heavy (non-hydrogen) atoms. The van der Waals surface area contributed by atoms with Crippen LogP contribution in [0.25, 0.3) is 0 Å². The Bertz CT molecular complexity index is 439. The number of aryl methyl sites for hydroxylation is 2. The van der Waals surface area contributed by atoms with E-state index in [1.54, 1.807) is 13.0 Å². The number of amides is 1. The zero-order chi connectivity index (χ0) is 13.1. The molecule has 1 aromatic rings.